The van der Waals surface area contributed by atoms with E-state index in [4.69, 9.17) is 4.84 Å². The van der Waals surface area contributed by atoms with E-state index in [1.807, 2.05) is 0 Å². The molecule has 13 heavy (non-hydrogen) atoms. The highest BCUT2D eigenvalue weighted by molar-refractivity contribution is 5.06. The number of nitrogens with zero attached hydrogens (tertiary/aromatic N) is 1. The van der Waals surface area contributed by atoms with Crippen molar-refractivity contribution >= 4 is 0 Å². The van der Waals surface area contributed by atoms with Crippen LogP contribution in [0.15, 0.2) is 0 Å². The van der Waals surface area contributed by atoms with Crippen LogP contribution in [0.5, 0.6) is 0 Å². The topological polar surface area (TPSA) is 15.5 Å². The van der Waals surface area contributed by atoms with Crippen molar-refractivity contribution < 1.29 is 4.84 Å². The van der Waals surface area contributed by atoms with E-state index in [-0.39, 0.29) is 0 Å². The molecule has 0 aromatic heterocycles. The van der Waals surface area contributed by atoms with Crippen LogP contribution in [-0.4, -0.2) is 17.3 Å². The van der Waals surface area contributed by atoms with Crippen LogP contribution in [0.1, 0.15) is 38.5 Å². The van der Waals surface area contributed by atoms with Crippen LogP contribution >= 0.6 is 0 Å². The van der Waals surface area contributed by atoms with E-state index in [0.29, 0.717) is 5.54 Å². The van der Waals surface area contributed by atoms with Gasteiger partial charge in [0.25, 0.3) is 0 Å². The molecule has 1 aliphatic heterocycles. The second-order valence-corrected chi connectivity index (χ2v) is 5.78. The van der Waals surface area contributed by atoms with Gasteiger partial charge in [-0.15, -0.1) is 0 Å². The predicted octanol–water partition coefficient (Wildman–Crippen LogP) is 2.16. The Kier molecular flexibility index (Phi) is 1.18. The molecule has 4 saturated carbocycles. The van der Waals surface area contributed by atoms with Gasteiger partial charge in [0, 0.05) is 5.54 Å². The molecular formula is C11H17NO. The van der Waals surface area contributed by atoms with E-state index in [1.54, 1.807) is 0 Å². The Morgan fingerprint density at radius 1 is 0.923 bits per heavy atom. The molecule has 5 aliphatic rings. The van der Waals surface area contributed by atoms with Gasteiger partial charge in [0.2, 0.25) is 0 Å². The maximum absolute atomic E-state index is 5.43. The fraction of sp³-hybridized carbons (Fsp3) is 1.00. The van der Waals surface area contributed by atoms with Crippen LogP contribution in [0, 0.1) is 17.8 Å². The monoisotopic (exact) mass is 179 g/mol. The highest BCUT2D eigenvalue weighted by atomic mass is 16.8. The number of hydrogen-bond acceptors (Lipinski definition) is 2. The number of hydrogen-bond donors (Lipinski definition) is 0. The molecule has 0 spiro atoms. The lowest BCUT2D eigenvalue weighted by atomic mass is 9.53. The minimum Gasteiger partial charge on any atom is -0.278 e. The normalized spacial score (nSPS) is 62.8. The summed E-state index contributed by atoms with van der Waals surface area (Å²) < 4.78 is 0. The predicted molar refractivity (Wildman–Crippen MR) is 48.7 cm³/mol. The Morgan fingerprint density at radius 3 is 1.77 bits per heavy atom. The van der Waals surface area contributed by atoms with Crippen LogP contribution in [0.3, 0.4) is 0 Å². The SMILES string of the molecule is C1C2CC3CC1CC(N1CO1)(C2)C3. The first kappa shape index (κ1) is 7.24. The molecule has 0 amide bonds. The van der Waals surface area contributed by atoms with Gasteiger partial charge in [-0.1, -0.05) is 0 Å². The Balaban J connectivity index is 1.71. The Morgan fingerprint density at radius 2 is 1.38 bits per heavy atom. The van der Waals surface area contributed by atoms with Crippen LogP contribution in [0.25, 0.3) is 0 Å². The molecule has 2 heteroatoms. The van der Waals surface area contributed by atoms with Crippen molar-refractivity contribution in [3.8, 4) is 0 Å². The zero-order valence-corrected chi connectivity index (χ0v) is 8.04. The first-order chi connectivity index (χ1) is 6.34. The van der Waals surface area contributed by atoms with Gasteiger partial charge in [0.1, 0.15) is 6.73 Å². The van der Waals surface area contributed by atoms with Crippen LogP contribution in [0.2, 0.25) is 0 Å². The molecule has 1 heterocycles. The van der Waals surface area contributed by atoms with E-state index >= 15 is 0 Å². The molecule has 72 valence electrons. The smallest absolute Gasteiger partial charge is 0.144 e. The third-order valence-electron chi connectivity index (χ3n) is 4.79. The molecule has 0 aromatic carbocycles. The summed E-state index contributed by atoms with van der Waals surface area (Å²) in [5.74, 6) is 3.15. The van der Waals surface area contributed by atoms with E-state index in [1.165, 1.54) is 38.5 Å². The molecule has 1 atom stereocenters. The average Bonchev–Trinajstić information content (AvgIpc) is 2.81. The lowest BCUT2D eigenvalue weighted by Crippen LogP contribution is -2.54. The van der Waals surface area contributed by atoms with Crippen molar-refractivity contribution in [1.29, 1.82) is 0 Å². The molecule has 1 unspecified atom stereocenters. The summed E-state index contributed by atoms with van der Waals surface area (Å²) in [5, 5.41) is 2.29. The van der Waals surface area contributed by atoms with Gasteiger partial charge in [-0.25, -0.2) is 0 Å². The fourth-order valence-electron chi connectivity index (χ4n) is 4.67. The largest absolute Gasteiger partial charge is 0.278 e. The van der Waals surface area contributed by atoms with Crippen molar-refractivity contribution in [3.05, 3.63) is 0 Å². The fourth-order valence-corrected chi connectivity index (χ4v) is 4.67. The van der Waals surface area contributed by atoms with Gasteiger partial charge in [0.05, 0.1) is 0 Å². The van der Waals surface area contributed by atoms with Gasteiger partial charge in [0.15, 0.2) is 0 Å². The second-order valence-electron chi connectivity index (χ2n) is 5.78. The molecule has 5 fully saturated rings. The van der Waals surface area contributed by atoms with Crippen LogP contribution in [0.4, 0.5) is 0 Å². The summed E-state index contributed by atoms with van der Waals surface area (Å²) in [7, 11) is 0. The minimum absolute atomic E-state index is 0.523. The lowest BCUT2D eigenvalue weighted by molar-refractivity contribution is -0.0928. The van der Waals surface area contributed by atoms with E-state index in [9.17, 15) is 0 Å². The minimum atomic E-state index is 0.523. The number of rotatable bonds is 1. The standard InChI is InChI=1S/C11H17NO/c1-8-2-10-3-9(1)5-11(4-8,6-10)12-7-13-12/h8-10H,1-7H2. The van der Waals surface area contributed by atoms with Gasteiger partial charge in [-0.2, -0.15) is 5.06 Å². The highest BCUT2D eigenvalue weighted by Crippen LogP contribution is 2.59. The summed E-state index contributed by atoms with van der Waals surface area (Å²) in [6.07, 6.45) is 8.93. The van der Waals surface area contributed by atoms with Gasteiger partial charge < -0.3 is 0 Å². The Labute approximate surface area is 79.2 Å². The van der Waals surface area contributed by atoms with Gasteiger partial charge in [-0.05, 0) is 56.3 Å². The van der Waals surface area contributed by atoms with Crippen LogP contribution < -0.4 is 0 Å². The first-order valence-electron chi connectivity index (χ1n) is 5.75. The summed E-state index contributed by atoms with van der Waals surface area (Å²) >= 11 is 0. The second kappa shape index (κ2) is 2.12. The molecule has 0 N–H and O–H groups in total. The maximum Gasteiger partial charge on any atom is 0.144 e. The van der Waals surface area contributed by atoms with Gasteiger partial charge >= 0.3 is 0 Å². The molecule has 0 radical (unpaired) electrons. The zero-order valence-electron chi connectivity index (χ0n) is 8.04. The van der Waals surface area contributed by atoms with Crippen LogP contribution in [-0.2, 0) is 4.84 Å². The van der Waals surface area contributed by atoms with Crippen molar-refractivity contribution in [2.24, 2.45) is 17.8 Å². The molecule has 5 rings (SSSR count). The third-order valence-corrected chi connectivity index (χ3v) is 4.79. The van der Waals surface area contributed by atoms with E-state index in [2.05, 4.69) is 5.06 Å². The van der Waals surface area contributed by atoms with Crippen molar-refractivity contribution in [1.82, 2.24) is 5.06 Å². The lowest BCUT2D eigenvalue weighted by Gasteiger charge is -2.56. The molecule has 4 aliphatic carbocycles. The molecule has 0 aromatic rings. The highest BCUT2D eigenvalue weighted by Gasteiger charge is 2.57. The molecule has 4 bridgehead atoms. The van der Waals surface area contributed by atoms with Crippen molar-refractivity contribution in [3.63, 3.8) is 0 Å². The average molecular weight is 179 g/mol. The first-order valence-corrected chi connectivity index (χ1v) is 5.75. The Bertz CT molecular complexity index is 211. The van der Waals surface area contributed by atoms with Crippen molar-refractivity contribution in [2.45, 2.75) is 44.1 Å². The molecule has 1 saturated heterocycles. The quantitative estimate of drug-likeness (QED) is 0.573. The summed E-state index contributed by atoms with van der Waals surface area (Å²) in [5.41, 5.74) is 0.523. The number of hydroxylamine groups is 2. The maximum atomic E-state index is 5.43. The summed E-state index contributed by atoms with van der Waals surface area (Å²) in [6, 6.07) is 0. The van der Waals surface area contributed by atoms with E-state index in [0.717, 1.165) is 24.5 Å². The van der Waals surface area contributed by atoms with Gasteiger partial charge in [-0.3, -0.25) is 4.84 Å². The third kappa shape index (κ3) is 0.909. The summed E-state index contributed by atoms with van der Waals surface area (Å²) in [6.45, 7) is 0.923. The molecule has 2 nitrogen and oxygen atoms in total. The van der Waals surface area contributed by atoms with Crippen molar-refractivity contribution in [2.75, 3.05) is 6.73 Å². The zero-order chi connectivity index (χ0) is 8.47. The van der Waals surface area contributed by atoms with E-state index < -0.39 is 0 Å². The molecular weight excluding hydrogens is 162 g/mol. The Hall–Kier alpha value is -0.0800. The summed E-state index contributed by atoms with van der Waals surface area (Å²) in [4.78, 5) is 5.43.